The van der Waals surface area contributed by atoms with Gasteiger partial charge in [0.05, 0.1) is 5.56 Å². The predicted octanol–water partition coefficient (Wildman–Crippen LogP) is 4.15. The van der Waals surface area contributed by atoms with Gasteiger partial charge in [-0.3, -0.25) is 9.97 Å². The summed E-state index contributed by atoms with van der Waals surface area (Å²) in [5, 5.41) is 13.2. The van der Waals surface area contributed by atoms with Crippen LogP contribution in [0.3, 0.4) is 0 Å². The predicted molar refractivity (Wildman–Crippen MR) is 89.4 cm³/mol. The fourth-order valence-corrected chi connectivity index (χ4v) is 2.90. The van der Waals surface area contributed by atoms with Gasteiger partial charge in [-0.05, 0) is 52.1 Å². The Hall–Kier alpha value is -3.27. The SMILES string of the molecule is O=C(O)c1ccc2c(c1)cc(-c1cccnc1)c1ccncc12. The van der Waals surface area contributed by atoms with Gasteiger partial charge in [0.25, 0.3) is 0 Å². The maximum absolute atomic E-state index is 11.2. The van der Waals surface area contributed by atoms with Crippen molar-refractivity contribution in [3.05, 3.63) is 72.8 Å². The van der Waals surface area contributed by atoms with Crippen LogP contribution in [0.4, 0.5) is 0 Å². The Kier molecular flexibility index (Phi) is 3.01. The van der Waals surface area contributed by atoms with Gasteiger partial charge in [-0.25, -0.2) is 4.79 Å². The second-order valence-corrected chi connectivity index (χ2v) is 5.33. The molecule has 23 heavy (non-hydrogen) atoms. The van der Waals surface area contributed by atoms with Crippen LogP contribution in [0.25, 0.3) is 32.7 Å². The van der Waals surface area contributed by atoms with E-state index in [0.717, 1.165) is 32.7 Å². The Morgan fingerprint density at radius 3 is 2.52 bits per heavy atom. The van der Waals surface area contributed by atoms with Crippen molar-refractivity contribution >= 4 is 27.5 Å². The van der Waals surface area contributed by atoms with Gasteiger partial charge in [0.2, 0.25) is 0 Å². The van der Waals surface area contributed by atoms with Crippen LogP contribution in [0.15, 0.2) is 67.3 Å². The second kappa shape index (κ2) is 5.18. The van der Waals surface area contributed by atoms with E-state index < -0.39 is 5.97 Å². The molecule has 0 aliphatic carbocycles. The molecule has 0 spiro atoms. The fraction of sp³-hybridized carbons (Fsp3) is 0. The number of benzene rings is 2. The van der Waals surface area contributed by atoms with Gasteiger partial charge in [-0.1, -0.05) is 12.1 Å². The van der Waals surface area contributed by atoms with Crippen molar-refractivity contribution < 1.29 is 9.90 Å². The molecule has 0 saturated heterocycles. The summed E-state index contributed by atoms with van der Waals surface area (Å²) < 4.78 is 0. The first-order valence-corrected chi connectivity index (χ1v) is 7.18. The van der Waals surface area contributed by atoms with E-state index in [9.17, 15) is 9.90 Å². The molecule has 4 rings (SSSR count). The summed E-state index contributed by atoms with van der Waals surface area (Å²) in [6, 6.07) is 13.0. The smallest absolute Gasteiger partial charge is 0.335 e. The first kappa shape index (κ1) is 13.4. The van der Waals surface area contributed by atoms with Gasteiger partial charge < -0.3 is 5.11 Å². The lowest BCUT2D eigenvalue weighted by Crippen LogP contribution is -1.95. The zero-order valence-electron chi connectivity index (χ0n) is 12.1. The summed E-state index contributed by atoms with van der Waals surface area (Å²) >= 11 is 0. The topological polar surface area (TPSA) is 63.1 Å². The van der Waals surface area contributed by atoms with Gasteiger partial charge in [0.1, 0.15) is 0 Å². The number of nitrogens with zero attached hydrogens (tertiary/aromatic N) is 2. The van der Waals surface area contributed by atoms with Gasteiger partial charge >= 0.3 is 5.97 Å². The molecular formula is C19H12N2O2. The van der Waals surface area contributed by atoms with Gasteiger partial charge in [-0.2, -0.15) is 0 Å². The van der Waals surface area contributed by atoms with E-state index in [4.69, 9.17) is 0 Å². The number of carboxylic acid groups (broad SMARTS) is 1. The molecule has 4 aromatic rings. The number of hydrogen-bond donors (Lipinski definition) is 1. The maximum Gasteiger partial charge on any atom is 0.335 e. The Labute approximate surface area is 132 Å². The molecule has 0 saturated carbocycles. The van der Waals surface area contributed by atoms with Crippen molar-refractivity contribution in [2.24, 2.45) is 0 Å². The van der Waals surface area contributed by atoms with Gasteiger partial charge in [-0.15, -0.1) is 0 Å². The molecule has 2 aromatic heterocycles. The number of hydrogen-bond acceptors (Lipinski definition) is 3. The normalized spacial score (nSPS) is 11.0. The van der Waals surface area contributed by atoms with Crippen LogP contribution in [-0.4, -0.2) is 21.0 Å². The highest BCUT2D eigenvalue weighted by Gasteiger charge is 2.11. The Balaban J connectivity index is 2.13. The van der Waals surface area contributed by atoms with Crippen molar-refractivity contribution in [1.29, 1.82) is 0 Å². The van der Waals surface area contributed by atoms with Crippen LogP contribution in [-0.2, 0) is 0 Å². The standard InChI is InChI=1S/C19H12N2O2/c22-19(23)12-3-4-15-14(8-12)9-17(13-2-1-6-20-10-13)16-5-7-21-11-18(15)16/h1-11H,(H,22,23). The molecule has 4 nitrogen and oxygen atoms in total. The minimum atomic E-state index is -0.930. The molecule has 0 aliphatic heterocycles. The Morgan fingerprint density at radius 2 is 1.74 bits per heavy atom. The average Bonchev–Trinajstić information content (AvgIpc) is 2.61. The highest BCUT2D eigenvalue weighted by atomic mass is 16.4. The van der Waals surface area contributed by atoms with Crippen LogP contribution >= 0.6 is 0 Å². The molecule has 110 valence electrons. The van der Waals surface area contributed by atoms with Crippen LogP contribution < -0.4 is 0 Å². The number of rotatable bonds is 2. The first-order chi connectivity index (χ1) is 11.2. The summed E-state index contributed by atoms with van der Waals surface area (Å²) in [6.07, 6.45) is 7.12. The van der Waals surface area contributed by atoms with E-state index in [1.807, 2.05) is 42.7 Å². The third-order valence-electron chi connectivity index (χ3n) is 3.97. The molecule has 2 aromatic carbocycles. The third kappa shape index (κ3) is 2.21. The van der Waals surface area contributed by atoms with E-state index in [2.05, 4.69) is 9.97 Å². The quantitative estimate of drug-likeness (QED) is 0.565. The molecule has 0 aliphatic rings. The van der Waals surface area contributed by atoms with Crippen molar-refractivity contribution in [3.63, 3.8) is 0 Å². The molecule has 0 fully saturated rings. The molecule has 0 bridgehead atoms. The summed E-state index contributed by atoms with van der Waals surface area (Å²) in [7, 11) is 0. The van der Waals surface area contributed by atoms with Crippen molar-refractivity contribution in [2.45, 2.75) is 0 Å². The van der Waals surface area contributed by atoms with Gasteiger partial charge in [0.15, 0.2) is 0 Å². The Bertz CT molecular complexity index is 1040. The van der Waals surface area contributed by atoms with Crippen molar-refractivity contribution in [3.8, 4) is 11.1 Å². The molecule has 0 atom stereocenters. The van der Waals surface area contributed by atoms with E-state index in [-0.39, 0.29) is 5.56 Å². The number of pyridine rings is 2. The molecule has 0 radical (unpaired) electrons. The summed E-state index contributed by atoms with van der Waals surface area (Å²) in [4.78, 5) is 19.6. The highest BCUT2D eigenvalue weighted by Crippen LogP contribution is 2.34. The number of carbonyl (C=O) groups is 1. The lowest BCUT2D eigenvalue weighted by atomic mass is 9.94. The summed E-state index contributed by atoms with van der Waals surface area (Å²) in [6.45, 7) is 0. The van der Waals surface area contributed by atoms with Crippen molar-refractivity contribution in [1.82, 2.24) is 9.97 Å². The molecule has 1 N–H and O–H groups in total. The summed E-state index contributed by atoms with van der Waals surface area (Å²) in [5.74, 6) is -0.930. The van der Waals surface area contributed by atoms with Crippen LogP contribution in [0.1, 0.15) is 10.4 Å². The zero-order valence-corrected chi connectivity index (χ0v) is 12.1. The minimum absolute atomic E-state index is 0.276. The molecule has 2 heterocycles. The molecule has 0 amide bonds. The van der Waals surface area contributed by atoms with Crippen molar-refractivity contribution in [2.75, 3.05) is 0 Å². The lowest BCUT2D eigenvalue weighted by Gasteiger charge is -2.11. The largest absolute Gasteiger partial charge is 0.478 e. The third-order valence-corrected chi connectivity index (χ3v) is 3.97. The van der Waals surface area contributed by atoms with Crippen LogP contribution in [0, 0.1) is 0 Å². The molecular weight excluding hydrogens is 288 g/mol. The number of fused-ring (bicyclic) bond motifs is 3. The minimum Gasteiger partial charge on any atom is -0.478 e. The zero-order chi connectivity index (χ0) is 15.8. The highest BCUT2D eigenvalue weighted by molar-refractivity contribution is 6.14. The van der Waals surface area contributed by atoms with E-state index in [1.165, 1.54) is 0 Å². The maximum atomic E-state index is 11.2. The Morgan fingerprint density at radius 1 is 0.870 bits per heavy atom. The molecule has 4 heteroatoms. The van der Waals surface area contributed by atoms with Crippen LogP contribution in [0.5, 0.6) is 0 Å². The van der Waals surface area contributed by atoms with E-state index >= 15 is 0 Å². The van der Waals surface area contributed by atoms with Crippen LogP contribution in [0.2, 0.25) is 0 Å². The summed E-state index contributed by atoms with van der Waals surface area (Å²) in [5.41, 5.74) is 2.29. The monoisotopic (exact) mass is 300 g/mol. The number of aromatic nitrogens is 2. The van der Waals surface area contributed by atoms with E-state index in [0.29, 0.717) is 0 Å². The van der Waals surface area contributed by atoms with E-state index in [1.54, 1.807) is 24.5 Å². The molecule has 0 unspecified atom stereocenters. The lowest BCUT2D eigenvalue weighted by molar-refractivity contribution is 0.0697. The first-order valence-electron chi connectivity index (χ1n) is 7.18. The fourth-order valence-electron chi connectivity index (χ4n) is 2.90. The number of aromatic carboxylic acids is 1. The number of carboxylic acids is 1. The van der Waals surface area contributed by atoms with Gasteiger partial charge in [0, 0.05) is 35.7 Å². The second-order valence-electron chi connectivity index (χ2n) is 5.33. The average molecular weight is 300 g/mol.